The van der Waals surface area contributed by atoms with Crippen molar-refractivity contribution in [1.29, 1.82) is 0 Å². The van der Waals surface area contributed by atoms with Gasteiger partial charge in [0.05, 0.1) is 23.6 Å². The van der Waals surface area contributed by atoms with Gasteiger partial charge in [-0.15, -0.1) is 0 Å². The number of carbonyl (C=O) groups excluding carboxylic acids is 1. The molecule has 0 saturated carbocycles. The molecule has 1 heterocycles. The molecular weight excluding hydrogens is 368 g/mol. The van der Waals surface area contributed by atoms with Crippen LogP contribution in [0.3, 0.4) is 0 Å². The van der Waals surface area contributed by atoms with E-state index in [1.165, 1.54) is 12.3 Å². The first kappa shape index (κ1) is 18.5. The molecule has 5 nitrogen and oxygen atoms in total. The second-order valence-corrected chi connectivity index (χ2v) is 6.60. The SMILES string of the molecule is COc1ccccc1-c1coc2cc(OC(=O)c3cccc(C)c3)ccc2c1=O. The molecule has 0 aliphatic heterocycles. The van der Waals surface area contributed by atoms with E-state index in [4.69, 9.17) is 13.9 Å². The molecule has 0 spiro atoms. The number of aryl methyl sites for hydroxylation is 1. The monoisotopic (exact) mass is 386 g/mol. The van der Waals surface area contributed by atoms with E-state index in [-0.39, 0.29) is 5.43 Å². The van der Waals surface area contributed by atoms with Crippen LogP contribution in [-0.4, -0.2) is 13.1 Å². The summed E-state index contributed by atoms with van der Waals surface area (Å²) in [5.74, 6) is 0.418. The predicted molar refractivity (Wildman–Crippen MR) is 111 cm³/mol. The molecule has 0 radical (unpaired) electrons. The molecule has 4 rings (SSSR count). The summed E-state index contributed by atoms with van der Waals surface area (Å²) in [4.78, 5) is 25.3. The quantitative estimate of drug-likeness (QED) is 0.365. The van der Waals surface area contributed by atoms with Crippen molar-refractivity contribution in [3.63, 3.8) is 0 Å². The fourth-order valence-electron chi connectivity index (χ4n) is 3.16. The van der Waals surface area contributed by atoms with Crippen LogP contribution < -0.4 is 14.9 Å². The molecule has 29 heavy (non-hydrogen) atoms. The van der Waals surface area contributed by atoms with Crippen molar-refractivity contribution >= 4 is 16.9 Å². The van der Waals surface area contributed by atoms with Gasteiger partial charge in [0.25, 0.3) is 0 Å². The first-order chi connectivity index (χ1) is 14.1. The Balaban J connectivity index is 1.69. The molecule has 1 aromatic heterocycles. The Morgan fingerprint density at radius 2 is 1.76 bits per heavy atom. The number of rotatable bonds is 4. The van der Waals surface area contributed by atoms with E-state index in [2.05, 4.69) is 0 Å². The molecule has 0 atom stereocenters. The van der Waals surface area contributed by atoms with Crippen LogP contribution in [0.25, 0.3) is 22.1 Å². The van der Waals surface area contributed by atoms with Crippen molar-refractivity contribution < 1.29 is 18.7 Å². The third-order valence-electron chi connectivity index (χ3n) is 4.61. The molecule has 0 aliphatic rings. The van der Waals surface area contributed by atoms with Crippen molar-refractivity contribution in [2.24, 2.45) is 0 Å². The standard InChI is InChI=1S/C24H18O5/c1-15-6-5-7-16(12-15)24(26)29-17-10-11-19-22(13-17)28-14-20(23(19)25)18-8-3-4-9-21(18)27-2/h3-14H,1-2H3. The summed E-state index contributed by atoms with van der Waals surface area (Å²) in [5.41, 5.74) is 2.63. The lowest BCUT2D eigenvalue weighted by atomic mass is 10.0. The van der Waals surface area contributed by atoms with E-state index in [9.17, 15) is 9.59 Å². The lowest BCUT2D eigenvalue weighted by molar-refractivity contribution is 0.0735. The topological polar surface area (TPSA) is 65.7 Å². The van der Waals surface area contributed by atoms with Crippen LogP contribution in [0, 0.1) is 6.92 Å². The van der Waals surface area contributed by atoms with Crippen LogP contribution >= 0.6 is 0 Å². The first-order valence-corrected chi connectivity index (χ1v) is 9.04. The average molecular weight is 386 g/mol. The molecule has 0 unspecified atom stereocenters. The van der Waals surface area contributed by atoms with Gasteiger partial charge < -0.3 is 13.9 Å². The highest BCUT2D eigenvalue weighted by Gasteiger charge is 2.15. The number of benzene rings is 3. The summed E-state index contributed by atoms with van der Waals surface area (Å²) in [5, 5.41) is 0.392. The Morgan fingerprint density at radius 1 is 0.931 bits per heavy atom. The highest BCUT2D eigenvalue weighted by atomic mass is 16.5. The third kappa shape index (κ3) is 3.62. The molecular formula is C24H18O5. The zero-order valence-electron chi connectivity index (χ0n) is 16.0. The average Bonchev–Trinajstić information content (AvgIpc) is 2.74. The third-order valence-corrected chi connectivity index (χ3v) is 4.61. The van der Waals surface area contributed by atoms with E-state index in [0.717, 1.165) is 5.56 Å². The van der Waals surface area contributed by atoms with Gasteiger partial charge in [-0.05, 0) is 37.3 Å². The number of fused-ring (bicyclic) bond motifs is 1. The van der Waals surface area contributed by atoms with Crippen LogP contribution in [0.2, 0.25) is 0 Å². The smallest absolute Gasteiger partial charge is 0.343 e. The van der Waals surface area contributed by atoms with Gasteiger partial charge in [-0.1, -0.05) is 35.9 Å². The van der Waals surface area contributed by atoms with E-state index < -0.39 is 5.97 Å². The van der Waals surface area contributed by atoms with Crippen LogP contribution in [-0.2, 0) is 0 Å². The Morgan fingerprint density at radius 3 is 2.55 bits per heavy atom. The van der Waals surface area contributed by atoms with Crippen LogP contribution in [0.15, 0.2) is 82.2 Å². The van der Waals surface area contributed by atoms with Gasteiger partial charge in [-0.2, -0.15) is 0 Å². The second kappa shape index (κ2) is 7.64. The molecule has 0 bridgehead atoms. The summed E-state index contributed by atoms with van der Waals surface area (Å²) >= 11 is 0. The van der Waals surface area contributed by atoms with Crippen molar-refractivity contribution in [3.8, 4) is 22.6 Å². The van der Waals surface area contributed by atoms with E-state index in [1.54, 1.807) is 49.6 Å². The summed E-state index contributed by atoms with van der Waals surface area (Å²) in [6.07, 6.45) is 1.40. The molecule has 0 aliphatic carbocycles. The number of methoxy groups -OCH3 is 1. The fourth-order valence-corrected chi connectivity index (χ4v) is 3.16. The van der Waals surface area contributed by atoms with Gasteiger partial charge in [-0.25, -0.2) is 4.79 Å². The van der Waals surface area contributed by atoms with Crippen molar-refractivity contribution in [2.45, 2.75) is 6.92 Å². The largest absolute Gasteiger partial charge is 0.496 e. The maximum atomic E-state index is 13.0. The molecule has 0 fully saturated rings. The minimum atomic E-state index is -0.471. The zero-order chi connectivity index (χ0) is 20.4. The normalized spacial score (nSPS) is 10.7. The van der Waals surface area contributed by atoms with Crippen molar-refractivity contribution in [3.05, 3.63) is 94.3 Å². The minimum absolute atomic E-state index is 0.188. The molecule has 3 aromatic carbocycles. The summed E-state index contributed by atoms with van der Waals surface area (Å²) < 4.78 is 16.5. The van der Waals surface area contributed by atoms with Crippen LogP contribution in [0.5, 0.6) is 11.5 Å². The number of esters is 1. The number of ether oxygens (including phenoxy) is 2. The van der Waals surface area contributed by atoms with Crippen molar-refractivity contribution in [2.75, 3.05) is 7.11 Å². The maximum Gasteiger partial charge on any atom is 0.343 e. The van der Waals surface area contributed by atoms with E-state index in [0.29, 0.717) is 39.2 Å². The highest BCUT2D eigenvalue weighted by molar-refractivity contribution is 5.92. The van der Waals surface area contributed by atoms with Gasteiger partial charge in [0, 0.05) is 11.6 Å². The van der Waals surface area contributed by atoms with Gasteiger partial charge in [-0.3, -0.25) is 4.79 Å². The molecule has 5 heteroatoms. The zero-order valence-corrected chi connectivity index (χ0v) is 16.0. The van der Waals surface area contributed by atoms with Crippen molar-refractivity contribution in [1.82, 2.24) is 0 Å². The molecule has 0 N–H and O–H groups in total. The first-order valence-electron chi connectivity index (χ1n) is 9.04. The Kier molecular flexibility index (Phi) is 4.87. The van der Waals surface area contributed by atoms with E-state index >= 15 is 0 Å². The van der Waals surface area contributed by atoms with Gasteiger partial charge in [0.15, 0.2) is 0 Å². The van der Waals surface area contributed by atoms with Crippen LogP contribution in [0.1, 0.15) is 15.9 Å². The molecule has 144 valence electrons. The van der Waals surface area contributed by atoms with Gasteiger partial charge in [0.2, 0.25) is 5.43 Å². The predicted octanol–water partition coefficient (Wildman–Crippen LogP) is 5.00. The highest BCUT2D eigenvalue weighted by Crippen LogP contribution is 2.29. The number of hydrogen-bond acceptors (Lipinski definition) is 5. The van der Waals surface area contributed by atoms with E-state index in [1.807, 2.05) is 25.1 Å². The second-order valence-electron chi connectivity index (χ2n) is 6.60. The molecule has 0 saturated heterocycles. The Hall–Kier alpha value is -3.86. The lowest BCUT2D eigenvalue weighted by Crippen LogP contribution is -2.09. The van der Waals surface area contributed by atoms with Gasteiger partial charge in [0.1, 0.15) is 23.3 Å². The minimum Gasteiger partial charge on any atom is -0.496 e. The maximum absolute atomic E-state index is 13.0. The van der Waals surface area contributed by atoms with Gasteiger partial charge >= 0.3 is 5.97 Å². The number of carbonyl (C=O) groups is 1. The summed E-state index contributed by atoms with van der Waals surface area (Å²) in [6.45, 7) is 1.90. The molecule has 0 amide bonds. The Labute approximate surface area is 167 Å². The number of hydrogen-bond donors (Lipinski definition) is 0. The molecule has 4 aromatic rings. The lowest BCUT2D eigenvalue weighted by Gasteiger charge is -2.09. The summed E-state index contributed by atoms with van der Waals surface area (Å²) in [7, 11) is 1.55. The Bertz CT molecular complexity index is 1270. The van der Waals surface area contributed by atoms with Crippen LogP contribution in [0.4, 0.5) is 0 Å². The number of para-hydroxylation sites is 1. The fraction of sp³-hybridized carbons (Fsp3) is 0.0833. The summed E-state index contributed by atoms with van der Waals surface area (Å²) in [6, 6.07) is 19.1.